The number of fused-ring (bicyclic) bond motifs is 1. The summed E-state index contributed by atoms with van der Waals surface area (Å²) in [5, 5.41) is 5.45. The van der Waals surface area contributed by atoms with Crippen molar-refractivity contribution in [3.8, 4) is 0 Å². The smallest absolute Gasteiger partial charge is 0.0737 e. The molecule has 0 aliphatic carbocycles. The Kier molecular flexibility index (Phi) is 8.50. The van der Waals surface area contributed by atoms with Crippen molar-refractivity contribution in [3.05, 3.63) is 107 Å². The predicted octanol–water partition coefficient (Wildman–Crippen LogP) is 6.16. The van der Waals surface area contributed by atoms with E-state index in [1.165, 1.54) is 11.1 Å². The summed E-state index contributed by atoms with van der Waals surface area (Å²) >= 11 is 6.13. The Morgan fingerprint density at radius 1 is 0.806 bits per heavy atom. The van der Waals surface area contributed by atoms with E-state index in [0.717, 1.165) is 80.1 Å². The lowest BCUT2D eigenvalue weighted by Gasteiger charge is -2.39. The van der Waals surface area contributed by atoms with Crippen LogP contribution in [0.2, 0.25) is 5.02 Å². The first-order valence-electron chi connectivity index (χ1n) is 13.1. The molecule has 0 saturated carbocycles. The van der Waals surface area contributed by atoms with Crippen LogP contribution in [0.4, 0.5) is 5.69 Å². The minimum Gasteiger partial charge on any atom is -0.384 e. The van der Waals surface area contributed by atoms with E-state index in [-0.39, 0.29) is 0 Å². The van der Waals surface area contributed by atoms with Crippen molar-refractivity contribution >= 4 is 28.2 Å². The van der Waals surface area contributed by atoms with Gasteiger partial charge in [0.15, 0.2) is 0 Å². The van der Waals surface area contributed by atoms with E-state index in [0.29, 0.717) is 6.04 Å². The van der Waals surface area contributed by atoms with Gasteiger partial charge in [0.05, 0.1) is 5.52 Å². The number of hydrogen-bond donors (Lipinski definition) is 1. The zero-order valence-corrected chi connectivity index (χ0v) is 21.6. The van der Waals surface area contributed by atoms with Crippen LogP contribution in [-0.2, 0) is 12.8 Å². The van der Waals surface area contributed by atoms with Gasteiger partial charge in [0.1, 0.15) is 0 Å². The average molecular weight is 499 g/mol. The Balaban J connectivity index is 1.11. The number of nitrogens with zero attached hydrogens (tertiary/aromatic N) is 3. The number of aromatic nitrogens is 1. The number of hydrogen-bond acceptors (Lipinski definition) is 4. The third-order valence-corrected chi connectivity index (χ3v) is 7.46. The highest BCUT2D eigenvalue weighted by Crippen LogP contribution is 2.24. The molecule has 0 spiro atoms. The molecule has 4 nitrogen and oxygen atoms in total. The second-order valence-electron chi connectivity index (χ2n) is 9.71. The zero-order chi connectivity index (χ0) is 24.6. The standard InChI is InChI=1S/C31H35ClN4/c32-27-12-13-29-30(14-16-34-31(29)24-27)33-15-7-17-35-18-20-36(21-19-35)28(22-25-8-3-1-4-9-25)23-26-10-5-2-6-11-26/h1-6,8-14,16,24,28H,7,15,17-23H2,(H,33,34). The van der Waals surface area contributed by atoms with E-state index in [9.17, 15) is 0 Å². The van der Waals surface area contributed by atoms with Crippen LogP contribution in [-0.4, -0.2) is 60.1 Å². The number of nitrogens with one attached hydrogen (secondary N) is 1. The summed E-state index contributed by atoms with van der Waals surface area (Å²) in [6.45, 7) is 6.61. The molecule has 0 radical (unpaired) electrons. The second-order valence-corrected chi connectivity index (χ2v) is 10.1. The fraction of sp³-hybridized carbons (Fsp3) is 0.323. The molecule has 0 unspecified atom stereocenters. The lowest BCUT2D eigenvalue weighted by molar-refractivity contribution is 0.0952. The van der Waals surface area contributed by atoms with Gasteiger partial charge >= 0.3 is 0 Å². The van der Waals surface area contributed by atoms with E-state index in [1.54, 1.807) is 0 Å². The van der Waals surface area contributed by atoms with Crippen molar-refractivity contribution in [2.24, 2.45) is 0 Å². The van der Waals surface area contributed by atoms with Gasteiger partial charge in [-0.15, -0.1) is 0 Å². The first-order valence-corrected chi connectivity index (χ1v) is 13.4. The maximum Gasteiger partial charge on any atom is 0.0737 e. The zero-order valence-electron chi connectivity index (χ0n) is 20.8. The summed E-state index contributed by atoms with van der Waals surface area (Å²) in [5.41, 5.74) is 4.92. The number of halogens is 1. The van der Waals surface area contributed by atoms with Gasteiger partial charge in [-0.3, -0.25) is 9.88 Å². The van der Waals surface area contributed by atoms with Crippen LogP contribution in [0.15, 0.2) is 91.1 Å². The lowest BCUT2D eigenvalue weighted by atomic mass is 9.97. The number of rotatable bonds is 10. The van der Waals surface area contributed by atoms with E-state index in [1.807, 2.05) is 24.4 Å². The molecule has 3 aromatic carbocycles. The first kappa shape index (κ1) is 24.8. The van der Waals surface area contributed by atoms with Crippen molar-refractivity contribution < 1.29 is 0 Å². The van der Waals surface area contributed by atoms with Crippen LogP contribution in [0.25, 0.3) is 10.9 Å². The lowest BCUT2D eigenvalue weighted by Crippen LogP contribution is -2.51. The Morgan fingerprint density at radius 3 is 2.14 bits per heavy atom. The number of benzene rings is 3. The largest absolute Gasteiger partial charge is 0.384 e. The maximum atomic E-state index is 6.13. The van der Waals surface area contributed by atoms with Gasteiger partial charge in [-0.1, -0.05) is 72.3 Å². The third kappa shape index (κ3) is 6.64. The summed E-state index contributed by atoms with van der Waals surface area (Å²) in [6.07, 6.45) is 5.17. The van der Waals surface area contributed by atoms with Crippen molar-refractivity contribution in [1.29, 1.82) is 0 Å². The van der Waals surface area contributed by atoms with E-state index in [4.69, 9.17) is 11.6 Å². The molecule has 1 saturated heterocycles. The molecule has 0 atom stereocenters. The quantitative estimate of drug-likeness (QED) is 0.265. The minimum atomic E-state index is 0.534. The second kappa shape index (κ2) is 12.4. The molecule has 1 aromatic heterocycles. The summed E-state index contributed by atoms with van der Waals surface area (Å²) in [4.78, 5) is 9.77. The monoisotopic (exact) mass is 498 g/mol. The van der Waals surface area contributed by atoms with Crippen LogP contribution in [0, 0.1) is 0 Å². The molecular weight excluding hydrogens is 464 g/mol. The molecule has 1 aliphatic heterocycles. The molecule has 1 aliphatic rings. The molecule has 5 rings (SSSR count). The van der Waals surface area contributed by atoms with Crippen molar-refractivity contribution in [3.63, 3.8) is 0 Å². The van der Waals surface area contributed by atoms with Gasteiger partial charge in [-0.25, -0.2) is 0 Å². The van der Waals surface area contributed by atoms with Gasteiger partial charge in [0.25, 0.3) is 0 Å². The molecule has 186 valence electrons. The highest BCUT2D eigenvalue weighted by atomic mass is 35.5. The van der Waals surface area contributed by atoms with E-state index >= 15 is 0 Å². The highest BCUT2D eigenvalue weighted by Gasteiger charge is 2.24. The molecule has 5 heteroatoms. The van der Waals surface area contributed by atoms with Crippen LogP contribution in [0.5, 0.6) is 0 Å². The van der Waals surface area contributed by atoms with E-state index in [2.05, 4.69) is 86.8 Å². The summed E-state index contributed by atoms with van der Waals surface area (Å²) < 4.78 is 0. The highest BCUT2D eigenvalue weighted by molar-refractivity contribution is 6.31. The van der Waals surface area contributed by atoms with Crippen LogP contribution < -0.4 is 5.32 Å². The molecular formula is C31H35ClN4. The number of pyridine rings is 1. The van der Waals surface area contributed by atoms with E-state index < -0.39 is 0 Å². The number of piperazine rings is 1. The Labute approximate surface area is 219 Å². The van der Waals surface area contributed by atoms with Gasteiger partial charge in [-0.05, 0) is 61.2 Å². The summed E-state index contributed by atoms with van der Waals surface area (Å²) in [7, 11) is 0. The first-order chi connectivity index (χ1) is 17.7. The van der Waals surface area contributed by atoms with Crippen molar-refractivity contribution in [2.75, 3.05) is 44.6 Å². The van der Waals surface area contributed by atoms with Crippen molar-refractivity contribution in [1.82, 2.24) is 14.8 Å². The number of anilines is 1. The Bertz CT molecular complexity index is 1180. The average Bonchev–Trinajstić information content (AvgIpc) is 2.92. The van der Waals surface area contributed by atoms with Crippen LogP contribution in [0.1, 0.15) is 17.5 Å². The molecule has 1 fully saturated rings. The molecule has 1 N–H and O–H groups in total. The molecule has 2 heterocycles. The minimum absolute atomic E-state index is 0.534. The third-order valence-electron chi connectivity index (χ3n) is 7.22. The van der Waals surface area contributed by atoms with Crippen LogP contribution >= 0.6 is 11.6 Å². The fourth-order valence-electron chi connectivity index (χ4n) is 5.26. The predicted molar refractivity (Wildman–Crippen MR) is 152 cm³/mol. The molecule has 0 bridgehead atoms. The topological polar surface area (TPSA) is 31.4 Å². The van der Waals surface area contributed by atoms with Crippen molar-refractivity contribution in [2.45, 2.75) is 25.3 Å². The molecule has 4 aromatic rings. The Hall–Kier alpha value is -2.92. The van der Waals surface area contributed by atoms with Gasteiger partial charge in [0, 0.05) is 61.1 Å². The molecule has 0 amide bonds. The summed E-state index contributed by atoms with van der Waals surface area (Å²) in [6, 6.07) is 30.4. The Morgan fingerprint density at radius 2 is 1.47 bits per heavy atom. The van der Waals surface area contributed by atoms with Gasteiger partial charge in [0.2, 0.25) is 0 Å². The normalized spacial score (nSPS) is 14.9. The van der Waals surface area contributed by atoms with Gasteiger partial charge < -0.3 is 10.2 Å². The SMILES string of the molecule is Clc1ccc2c(NCCCN3CCN(C(Cc4ccccc4)Cc4ccccc4)CC3)ccnc2c1. The summed E-state index contributed by atoms with van der Waals surface area (Å²) in [5.74, 6) is 0. The van der Waals surface area contributed by atoms with Crippen LogP contribution in [0.3, 0.4) is 0 Å². The van der Waals surface area contributed by atoms with Gasteiger partial charge in [-0.2, -0.15) is 0 Å². The fourth-order valence-corrected chi connectivity index (χ4v) is 5.42. The molecule has 36 heavy (non-hydrogen) atoms. The maximum absolute atomic E-state index is 6.13.